The minimum Gasteiger partial charge on any atom is -0.385 e. The van der Waals surface area contributed by atoms with Crippen molar-refractivity contribution >= 4 is 27.9 Å². The summed E-state index contributed by atoms with van der Waals surface area (Å²) < 4.78 is 3.43. The molecule has 0 saturated heterocycles. The maximum absolute atomic E-state index is 12.5. The zero-order valence-corrected chi connectivity index (χ0v) is 16.6. The Morgan fingerprint density at radius 1 is 1.29 bits per heavy atom. The lowest BCUT2D eigenvalue weighted by Crippen LogP contribution is -2.26. The van der Waals surface area contributed by atoms with Gasteiger partial charge in [-0.2, -0.15) is 5.10 Å². The largest absolute Gasteiger partial charge is 0.385 e. The van der Waals surface area contributed by atoms with Crippen LogP contribution >= 0.6 is 11.3 Å². The first kappa shape index (κ1) is 18.5. The van der Waals surface area contributed by atoms with Gasteiger partial charge in [0.05, 0.1) is 17.5 Å². The van der Waals surface area contributed by atoms with Gasteiger partial charge in [0.2, 0.25) is 4.96 Å². The maximum Gasteiger partial charge on any atom is 0.252 e. The minimum absolute atomic E-state index is 0.00675. The number of rotatable bonds is 6. The molecule has 2 N–H and O–H groups in total. The molecule has 1 amide bonds. The molecule has 9 nitrogen and oxygen atoms in total. The van der Waals surface area contributed by atoms with Crippen LogP contribution in [0.4, 0.5) is 0 Å². The van der Waals surface area contributed by atoms with Gasteiger partial charge in [-0.3, -0.25) is 9.20 Å². The highest BCUT2D eigenvalue weighted by Crippen LogP contribution is 2.20. The molecule has 0 radical (unpaired) electrons. The number of aromatic nitrogens is 6. The minimum atomic E-state index is -0.750. The number of nitrogens with zero attached hydrogens (tertiary/aromatic N) is 6. The number of nitrogens with one attached hydrogen (secondary N) is 1. The molecule has 0 saturated carbocycles. The van der Waals surface area contributed by atoms with Crippen molar-refractivity contribution in [1.82, 2.24) is 34.5 Å². The summed E-state index contributed by atoms with van der Waals surface area (Å²) in [5.41, 5.74) is 1.95. The predicted molar refractivity (Wildman–Crippen MR) is 104 cm³/mol. The van der Waals surface area contributed by atoms with Crippen molar-refractivity contribution < 1.29 is 9.90 Å². The average Bonchev–Trinajstić information content (AvgIpc) is 3.32. The van der Waals surface area contributed by atoms with E-state index in [1.165, 1.54) is 11.3 Å². The third-order valence-corrected chi connectivity index (χ3v) is 5.29. The van der Waals surface area contributed by atoms with Crippen molar-refractivity contribution in [2.75, 3.05) is 6.54 Å². The molecular formula is C18H21N7O2S. The number of carbonyl (C=O) groups excluding carboxylic acids is 1. The normalized spacial score (nSPS) is 12.9. The third kappa shape index (κ3) is 3.48. The highest BCUT2D eigenvalue weighted by Gasteiger charge is 2.19. The molecule has 0 aromatic carbocycles. The Labute approximate surface area is 165 Å². The molecule has 0 aliphatic rings. The Kier molecular flexibility index (Phi) is 4.82. The van der Waals surface area contributed by atoms with Gasteiger partial charge in [0.1, 0.15) is 11.1 Å². The van der Waals surface area contributed by atoms with Crippen molar-refractivity contribution in [3.63, 3.8) is 0 Å². The van der Waals surface area contributed by atoms with Crippen LogP contribution in [0, 0.1) is 12.8 Å². The van der Waals surface area contributed by atoms with E-state index in [1.54, 1.807) is 27.2 Å². The topological polar surface area (TPSA) is 110 Å². The van der Waals surface area contributed by atoms with Crippen molar-refractivity contribution in [1.29, 1.82) is 0 Å². The van der Waals surface area contributed by atoms with Gasteiger partial charge in [-0.25, -0.2) is 9.50 Å². The Bertz CT molecular complexity index is 1110. The molecule has 4 aromatic rings. The van der Waals surface area contributed by atoms with Crippen molar-refractivity contribution in [3.8, 4) is 0 Å². The second-order valence-electron chi connectivity index (χ2n) is 6.98. The molecule has 28 heavy (non-hydrogen) atoms. The molecule has 4 aromatic heterocycles. The Balaban J connectivity index is 1.44. The highest BCUT2D eigenvalue weighted by molar-refractivity contribution is 7.16. The molecule has 10 heteroatoms. The first-order valence-corrected chi connectivity index (χ1v) is 9.86. The molecular weight excluding hydrogens is 378 g/mol. The number of aliphatic hydroxyl groups is 1. The van der Waals surface area contributed by atoms with Gasteiger partial charge in [-0.05, 0) is 25.0 Å². The van der Waals surface area contributed by atoms with Crippen LogP contribution in [-0.4, -0.2) is 46.8 Å². The number of imidazole rings is 1. The maximum atomic E-state index is 12.5. The summed E-state index contributed by atoms with van der Waals surface area (Å²) in [6, 6.07) is 3.42. The number of fused-ring (bicyclic) bond motifs is 2. The van der Waals surface area contributed by atoms with Gasteiger partial charge in [0, 0.05) is 19.2 Å². The lowest BCUT2D eigenvalue weighted by molar-refractivity contribution is 0.0952. The third-order valence-electron chi connectivity index (χ3n) is 4.45. The summed E-state index contributed by atoms with van der Waals surface area (Å²) in [7, 11) is 0. The smallest absolute Gasteiger partial charge is 0.252 e. The Morgan fingerprint density at radius 2 is 2.11 bits per heavy atom. The van der Waals surface area contributed by atoms with E-state index in [0.29, 0.717) is 30.0 Å². The molecule has 4 rings (SSSR count). The fourth-order valence-corrected chi connectivity index (χ4v) is 3.66. The highest BCUT2D eigenvalue weighted by atomic mass is 32.1. The van der Waals surface area contributed by atoms with Gasteiger partial charge in [-0.15, -0.1) is 10.2 Å². The number of pyridine rings is 1. The van der Waals surface area contributed by atoms with E-state index in [2.05, 4.69) is 25.6 Å². The molecule has 0 fully saturated rings. The lowest BCUT2D eigenvalue weighted by atomic mass is 10.1. The zero-order valence-electron chi connectivity index (χ0n) is 15.8. The molecule has 0 spiro atoms. The van der Waals surface area contributed by atoms with E-state index in [1.807, 2.05) is 27.0 Å². The first-order chi connectivity index (χ1) is 13.4. The van der Waals surface area contributed by atoms with Gasteiger partial charge in [0.15, 0.2) is 11.5 Å². The average molecular weight is 399 g/mol. The van der Waals surface area contributed by atoms with Gasteiger partial charge in [0.25, 0.3) is 5.91 Å². The van der Waals surface area contributed by atoms with E-state index < -0.39 is 6.10 Å². The van der Waals surface area contributed by atoms with Crippen LogP contribution in [0.25, 0.3) is 10.6 Å². The lowest BCUT2D eigenvalue weighted by Gasteiger charge is -2.12. The molecule has 1 unspecified atom stereocenters. The van der Waals surface area contributed by atoms with Crippen LogP contribution < -0.4 is 5.32 Å². The second-order valence-corrected chi connectivity index (χ2v) is 8.14. The number of carbonyl (C=O) groups is 1. The van der Waals surface area contributed by atoms with Crippen LogP contribution in [0.15, 0.2) is 24.5 Å². The van der Waals surface area contributed by atoms with E-state index in [0.717, 1.165) is 15.7 Å². The number of hydrogen-bond donors (Lipinski definition) is 2. The van der Waals surface area contributed by atoms with Crippen molar-refractivity contribution in [2.24, 2.45) is 5.92 Å². The molecule has 4 heterocycles. The number of aliphatic hydroxyl groups excluding tert-OH is 1. The van der Waals surface area contributed by atoms with E-state index in [9.17, 15) is 9.90 Å². The summed E-state index contributed by atoms with van der Waals surface area (Å²) in [6.45, 7) is 6.21. The van der Waals surface area contributed by atoms with Gasteiger partial charge >= 0.3 is 0 Å². The van der Waals surface area contributed by atoms with E-state index >= 15 is 0 Å². The van der Waals surface area contributed by atoms with Crippen molar-refractivity contribution in [2.45, 2.75) is 33.3 Å². The summed E-state index contributed by atoms with van der Waals surface area (Å²) >= 11 is 1.54. The number of hydrogen-bond acceptors (Lipinski definition) is 7. The second kappa shape index (κ2) is 7.28. The summed E-state index contributed by atoms with van der Waals surface area (Å²) in [5, 5.41) is 26.6. The van der Waals surface area contributed by atoms with Crippen LogP contribution in [-0.2, 0) is 6.42 Å². The SMILES string of the molecule is Cc1nn2cc(CCNC(=O)c3ccc4nnc(C(O)C(C)C)n4c3)nc2s1. The molecule has 0 aliphatic heterocycles. The predicted octanol–water partition coefficient (Wildman–Crippen LogP) is 1.80. The zero-order chi connectivity index (χ0) is 19.8. The molecule has 0 aliphatic carbocycles. The summed E-state index contributed by atoms with van der Waals surface area (Å²) in [4.78, 5) is 17.9. The van der Waals surface area contributed by atoms with E-state index in [4.69, 9.17) is 0 Å². The number of aryl methyl sites for hydroxylation is 1. The Morgan fingerprint density at radius 3 is 2.86 bits per heavy atom. The summed E-state index contributed by atoms with van der Waals surface area (Å²) in [5.74, 6) is 0.226. The van der Waals surface area contributed by atoms with Crippen LogP contribution in [0.2, 0.25) is 0 Å². The molecule has 146 valence electrons. The van der Waals surface area contributed by atoms with E-state index in [-0.39, 0.29) is 11.8 Å². The Hall–Kier alpha value is -2.85. The van der Waals surface area contributed by atoms with Crippen LogP contribution in [0.5, 0.6) is 0 Å². The quantitative estimate of drug-likeness (QED) is 0.512. The van der Waals surface area contributed by atoms with Crippen molar-refractivity contribution in [3.05, 3.63) is 46.6 Å². The fourth-order valence-electron chi connectivity index (χ4n) is 2.91. The standard InChI is InChI=1S/C18H21N7O2S/c1-10(2)15(26)16-22-21-14-5-4-12(8-24(14)16)17(27)19-7-6-13-9-25-18(20-13)28-11(3)23-25/h4-5,8-10,15,26H,6-7H2,1-3H3,(H,19,27). The monoisotopic (exact) mass is 399 g/mol. The summed E-state index contributed by atoms with van der Waals surface area (Å²) in [6.07, 6.45) is 3.41. The van der Waals surface area contributed by atoms with Gasteiger partial charge in [-0.1, -0.05) is 25.2 Å². The fraction of sp³-hybridized carbons (Fsp3) is 0.389. The van der Waals surface area contributed by atoms with Gasteiger partial charge < -0.3 is 10.4 Å². The number of amides is 1. The van der Waals surface area contributed by atoms with Crippen LogP contribution in [0.1, 0.15) is 46.8 Å². The molecule has 1 atom stereocenters. The van der Waals surface area contributed by atoms with Crippen LogP contribution in [0.3, 0.4) is 0 Å². The first-order valence-electron chi connectivity index (χ1n) is 9.05. The molecule has 0 bridgehead atoms.